The fourth-order valence-electron chi connectivity index (χ4n) is 1.19. The number of nitrogens with two attached hydrogens (primary N) is 1. The fourth-order valence-corrected chi connectivity index (χ4v) is 1.19. The number of nitrogens with zero attached hydrogens (tertiary/aromatic N) is 1. The lowest BCUT2D eigenvalue weighted by atomic mass is 9.95. The summed E-state index contributed by atoms with van der Waals surface area (Å²) in [5.74, 6) is 0. The van der Waals surface area contributed by atoms with Crippen LogP contribution in [0.3, 0.4) is 0 Å². The van der Waals surface area contributed by atoms with Gasteiger partial charge in [0, 0.05) is 37.0 Å². The second-order valence-electron chi connectivity index (χ2n) is 4.26. The van der Waals surface area contributed by atoms with Crippen LogP contribution in [0.4, 0.5) is 5.69 Å². The van der Waals surface area contributed by atoms with Gasteiger partial charge in [0.15, 0.2) is 0 Å². The molecule has 3 N–H and O–H groups in total. The van der Waals surface area contributed by atoms with Crippen molar-refractivity contribution in [2.75, 3.05) is 12.3 Å². The Morgan fingerprint density at radius 2 is 2.21 bits per heavy atom. The maximum absolute atomic E-state index is 11.0. The molecule has 0 saturated carbocycles. The van der Waals surface area contributed by atoms with Crippen molar-refractivity contribution < 1.29 is 5.11 Å². The maximum atomic E-state index is 11.0. The highest BCUT2D eigenvalue weighted by Gasteiger charge is 2.16. The van der Waals surface area contributed by atoms with E-state index in [1.807, 2.05) is 18.4 Å². The summed E-state index contributed by atoms with van der Waals surface area (Å²) < 4.78 is 1.81. The third kappa shape index (κ3) is 2.60. The SMILES string of the molecule is CC(C)(CO)Cn1ccc(=O)c(N)c1. The van der Waals surface area contributed by atoms with Gasteiger partial charge in [-0.15, -0.1) is 0 Å². The number of pyridine rings is 1. The van der Waals surface area contributed by atoms with Crippen molar-refractivity contribution in [3.05, 3.63) is 28.7 Å². The molecule has 0 atom stereocenters. The topological polar surface area (TPSA) is 68.2 Å². The molecule has 78 valence electrons. The summed E-state index contributed by atoms with van der Waals surface area (Å²) in [5.41, 5.74) is 5.35. The molecule has 0 aliphatic rings. The van der Waals surface area contributed by atoms with Crippen LogP contribution in [-0.4, -0.2) is 16.3 Å². The quantitative estimate of drug-likeness (QED) is 0.737. The summed E-state index contributed by atoms with van der Waals surface area (Å²) in [5, 5.41) is 9.07. The molecule has 14 heavy (non-hydrogen) atoms. The van der Waals surface area contributed by atoms with E-state index < -0.39 is 0 Å². The van der Waals surface area contributed by atoms with E-state index in [0.717, 1.165) is 0 Å². The monoisotopic (exact) mass is 196 g/mol. The van der Waals surface area contributed by atoms with Crippen molar-refractivity contribution in [1.82, 2.24) is 4.57 Å². The Hall–Kier alpha value is -1.29. The molecular formula is C10H16N2O2. The Morgan fingerprint density at radius 1 is 1.57 bits per heavy atom. The van der Waals surface area contributed by atoms with Crippen molar-refractivity contribution >= 4 is 5.69 Å². The number of nitrogen functional groups attached to an aromatic ring is 1. The Morgan fingerprint density at radius 3 is 2.71 bits per heavy atom. The summed E-state index contributed by atoms with van der Waals surface area (Å²) in [6, 6.07) is 1.43. The summed E-state index contributed by atoms with van der Waals surface area (Å²) in [6.07, 6.45) is 3.27. The number of anilines is 1. The van der Waals surface area contributed by atoms with Gasteiger partial charge in [0.25, 0.3) is 0 Å². The van der Waals surface area contributed by atoms with Gasteiger partial charge in [-0.05, 0) is 0 Å². The summed E-state index contributed by atoms with van der Waals surface area (Å²) >= 11 is 0. The van der Waals surface area contributed by atoms with Crippen LogP contribution >= 0.6 is 0 Å². The maximum Gasteiger partial charge on any atom is 0.204 e. The summed E-state index contributed by atoms with van der Waals surface area (Å²) in [4.78, 5) is 11.0. The van der Waals surface area contributed by atoms with Crippen molar-refractivity contribution in [2.45, 2.75) is 20.4 Å². The Labute approximate surface area is 83.0 Å². The number of aliphatic hydroxyl groups is 1. The van der Waals surface area contributed by atoms with Crippen LogP contribution in [0, 0.1) is 5.41 Å². The third-order valence-electron chi connectivity index (χ3n) is 2.05. The van der Waals surface area contributed by atoms with E-state index in [0.29, 0.717) is 6.54 Å². The lowest BCUT2D eigenvalue weighted by Crippen LogP contribution is -2.24. The molecule has 4 heteroatoms. The van der Waals surface area contributed by atoms with E-state index in [1.54, 1.807) is 12.4 Å². The summed E-state index contributed by atoms with van der Waals surface area (Å²) in [6.45, 7) is 4.62. The first kappa shape index (κ1) is 10.8. The zero-order valence-corrected chi connectivity index (χ0v) is 8.53. The van der Waals surface area contributed by atoms with Crippen molar-refractivity contribution in [3.63, 3.8) is 0 Å². The average molecular weight is 196 g/mol. The van der Waals surface area contributed by atoms with E-state index in [1.165, 1.54) is 6.07 Å². The third-order valence-corrected chi connectivity index (χ3v) is 2.05. The van der Waals surface area contributed by atoms with E-state index >= 15 is 0 Å². The molecule has 0 aliphatic carbocycles. The van der Waals surface area contributed by atoms with Crippen molar-refractivity contribution in [1.29, 1.82) is 0 Å². The highest BCUT2D eigenvalue weighted by atomic mass is 16.3. The molecule has 0 radical (unpaired) electrons. The van der Waals surface area contributed by atoms with Gasteiger partial charge in [0.2, 0.25) is 5.43 Å². The number of hydrogen-bond acceptors (Lipinski definition) is 3. The molecule has 1 rings (SSSR count). The predicted octanol–water partition coefficient (Wildman–Crippen LogP) is 0.449. The van der Waals surface area contributed by atoms with Crippen LogP contribution in [0.15, 0.2) is 23.3 Å². The molecule has 1 heterocycles. The van der Waals surface area contributed by atoms with Gasteiger partial charge in [-0.2, -0.15) is 0 Å². The van der Waals surface area contributed by atoms with Gasteiger partial charge in [-0.25, -0.2) is 0 Å². The first-order valence-electron chi connectivity index (χ1n) is 4.51. The summed E-state index contributed by atoms with van der Waals surface area (Å²) in [7, 11) is 0. The van der Waals surface area contributed by atoms with Crippen LogP contribution in [-0.2, 0) is 6.54 Å². The highest BCUT2D eigenvalue weighted by Crippen LogP contribution is 2.16. The van der Waals surface area contributed by atoms with Crippen molar-refractivity contribution in [2.24, 2.45) is 5.41 Å². The molecule has 0 bridgehead atoms. The highest BCUT2D eigenvalue weighted by molar-refractivity contribution is 5.33. The number of rotatable bonds is 3. The molecule has 0 spiro atoms. The van der Waals surface area contributed by atoms with E-state index in [-0.39, 0.29) is 23.1 Å². The molecule has 0 fully saturated rings. The minimum Gasteiger partial charge on any atom is -0.396 e. The minimum absolute atomic E-state index is 0.0963. The Bertz CT molecular complexity index is 369. The number of aromatic nitrogens is 1. The molecule has 0 unspecified atom stereocenters. The second-order valence-corrected chi connectivity index (χ2v) is 4.26. The predicted molar refractivity (Wildman–Crippen MR) is 56.0 cm³/mol. The van der Waals surface area contributed by atoms with E-state index in [9.17, 15) is 4.79 Å². The average Bonchev–Trinajstić information content (AvgIpc) is 2.11. The van der Waals surface area contributed by atoms with Gasteiger partial charge in [0.05, 0.1) is 5.69 Å². The van der Waals surface area contributed by atoms with Crippen LogP contribution in [0.1, 0.15) is 13.8 Å². The molecule has 1 aromatic rings. The van der Waals surface area contributed by atoms with Gasteiger partial charge in [-0.1, -0.05) is 13.8 Å². The molecule has 4 nitrogen and oxygen atoms in total. The molecule has 0 saturated heterocycles. The van der Waals surface area contributed by atoms with E-state index in [2.05, 4.69) is 0 Å². The van der Waals surface area contributed by atoms with Crippen LogP contribution in [0.2, 0.25) is 0 Å². The normalized spacial score (nSPS) is 11.6. The van der Waals surface area contributed by atoms with E-state index in [4.69, 9.17) is 10.8 Å². The van der Waals surface area contributed by atoms with Crippen LogP contribution < -0.4 is 11.2 Å². The number of hydrogen-bond donors (Lipinski definition) is 2. The minimum atomic E-state index is -0.207. The van der Waals surface area contributed by atoms with Gasteiger partial charge >= 0.3 is 0 Å². The van der Waals surface area contributed by atoms with Gasteiger partial charge in [0.1, 0.15) is 0 Å². The second kappa shape index (κ2) is 3.84. The smallest absolute Gasteiger partial charge is 0.204 e. The largest absolute Gasteiger partial charge is 0.396 e. The lowest BCUT2D eigenvalue weighted by Gasteiger charge is -2.23. The molecule has 0 aliphatic heterocycles. The van der Waals surface area contributed by atoms with Crippen LogP contribution in [0.5, 0.6) is 0 Å². The first-order valence-corrected chi connectivity index (χ1v) is 4.51. The molecule has 0 amide bonds. The van der Waals surface area contributed by atoms with Crippen LogP contribution in [0.25, 0.3) is 0 Å². The van der Waals surface area contributed by atoms with Gasteiger partial charge in [-0.3, -0.25) is 4.79 Å². The number of aliphatic hydroxyl groups excluding tert-OH is 1. The first-order chi connectivity index (χ1) is 6.44. The zero-order valence-electron chi connectivity index (χ0n) is 8.53. The molecule has 0 aromatic carbocycles. The molecular weight excluding hydrogens is 180 g/mol. The van der Waals surface area contributed by atoms with Gasteiger partial charge < -0.3 is 15.4 Å². The Kier molecular flexibility index (Phi) is 2.96. The zero-order chi connectivity index (χ0) is 10.8. The standard InChI is InChI=1S/C10H16N2O2/c1-10(2,7-13)6-12-4-3-9(14)8(11)5-12/h3-5,13H,6-7,11H2,1-2H3. The fraction of sp³-hybridized carbons (Fsp3) is 0.500. The van der Waals surface area contributed by atoms with Crippen molar-refractivity contribution in [3.8, 4) is 0 Å². The lowest BCUT2D eigenvalue weighted by molar-refractivity contribution is 0.141. The Balaban J connectivity index is 2.88. The molecule has 1 aromatic heterocycles.